The Kier molecular flexibility index (Phi) is 2.42. The van der Waals surface area contributed by atoms with E-state index < -0.39 is 0 Å². The zero-order chi connectivity index (χ0) is 15.4. The van der Waals surface area contributed by atoms with Gasteiger partial charge in [-0.25, -0.2) is 0 Å². The second-order valence-corrected chi connectivity index (χ2v) is 5.96. The molecular formula is C22H13O. The molecule has 0 aromatic heterocycles. The normalized spacial score (nSPS) is 11.7. The van der Waals surface area contributed by atoms with Crippen LogP contribution in [-0.2, 0) is 5.11 Å². The third-order valence-electron chi connectivity index (χ3n) is 4.73. The molecule has 5 aromatic rings. The van der Waals surface area contributed by atoms with Crippen LogP contribution < -0.4 is 0 Å². The van der Waals surface area contributed by atoms with Crippen LogP contribution in [0.1, 0.15) is 0 Å². The minimum absolute atomic E-state index is 0.0910. The van der Waals surface area contributed by atoms with E-state index in [1.807, 2.05) is 18.2 Å². The van der Waals surface area contributed by atoms with Crippen molar-refractivity contribution in [1.82, 2.24) is 0 Å². The summed E-state index contributed by atoms with van der Waals surface area (Å²) in [6.45, 7) is 0. The molecule has 0 aliphatic rings. The molecule has 0 bridgehead atoms. The minimum atomic E-state index is 0.0910. The molecule has 23 heavy (non-hydrogen) atoms. The van der Waals surface area contributed by atoms with Gasteiger partial charge in [0.25, 0.3) is 0 Å². The molecule has 5 aromatic carbocycles. The van der Waals surface area contributed by atoms with Crippen molar-refractivity contribution < 1.29 is 5.11 Å². The van der Waals surface area contributed by atoms with Crippen LogP contribution in [0.5, 0.6) is 5.75 Å². The SMILES string of the molecule is [O]c1cccc2ccc3c4ccc5ccccc5c4ccc3c12. The third-order valence-corrected chi connectivity index (χ3v) is 4.73. The Balaban J connectivity index is 2.05. The van der Waals surface area contributed by atoms with Crippen LogP contribution in [0.3, 0.4) is 0 Å². The van der Waals surface area contributed by atoms with Crippen molar-refractivity contribution in [2.24, 2.45) is 0 Å². The summed E-state index contributed by atoms with van der Waals surface area (Å²) in [6.07, 6.45) is 0. The van der Waals surface area contributed by atoms with Gasteiger partial charge in [0, 0.05) is 5.39 Å². The van der Waals surface area contributed by atoms with Crippen molar-refractivity contribution in [3.8, 4) is 5.75 Å². The summed E-state index contributed by atoms with van der Waals surface area (Å²) in [4.78, 5) is 0. The van der Waals surface area contributed by atoms with Crippen LogP contribution in [0, 0.1) is 0 Å². The number of hydrogen-bond donors (Lipinski definition) is 0. The molecule has 1 nitrogen and oxygen atoms in total. The molecule has 0 unspecified atom stereocenters. The maximum Gasteiger partial charge on any atom is 0.187 e. The van der Waals surface area contributed by atoms with E-state index in [4.69, 9.17) is 0 Å². The zero-order valence-electron chi connectivity index (χ0n) is 12.4. The van der Waals surface area contributed by atoms with Crippen LogP contribution in [0.25, 0.3) is 43.1 Å². The lowest BCUT2D eigenvalue weighted by Gasteiger charge is -2.10. The maximum absolute atomic E-state index is 12.3. The van der Waals surface area contributed by atoms with Gasteiger partial charge in [0.2, 0.25) is 0 Å². The first-order valence-electron chi connectivity index (χ1n) is 7.76. The van der Waals surface area contributed by atoms with Crippen LogP contribution in [0.2, 0.25) is 0 Å². The molecule has 5 rings (SSSR count). The second-order valence-electron chi connectivity index (χ2n) is 5.96. The Hall–Kier alpha value is -3.06. The predicted molar refractivity (Wildman–Crippen MR) is 96.6 cm³/mol. The fourth-order valence-corrected chi connectivity index (χ4v) is 3.66. The molecule has 0 fully saturated rings. The van der Waals surface area contributed by atoms with E-state index in [-0.39, 0.29) is 5.75 Å². The number of hydrogen-bond acceptors (Lipinski definition) is 0. The lowest BCUT2D eigenvalue weighted by atomic mass is 9.94. The van der Waals surface area contributed by atoms with Crippen LogP contribution in [0.4, 0.5) is 0 Å². The Labute approximate surface area is 133 Å². The van der Waals surface area contributed by atoms with E-state index in [0.717, 1.165) is 21.5 Å². The fourth-order valence-electron chi connectivity index (χ4n) is 3.66. The van der Waals surface area contributed by atoms with Gasteiger partial charge in [-0.2, -0.15) is 0 Å². The van der Waals surface area contributed by atoms with E-state index in [1.54, 1.807) is 6.07 Å². The Bertz CT molecular complexity index is 1220. The molecule has 0 amide bonds. The molecule has 0 spiro atoms. The number of rotatable bonds is 0. The average Bonchev–Trinajstić information content (AvgIpc) is 2.61. The average molecular weight is 293 g/mol. The van der Waals surface area contributed by atoms with E-state index in [0.29, 0.717) is 0 Å². The molecule has 1 radical (unpaired) electrons. The summed E-state index contributed by atoms with van der Waals surface area (Å²) in [5.41, 5.74) is 0. The molecular weight excluding hydrogens is 280 g/mol. The van der Waals surface area contributed by atoms with Crippen molar-refractivity contribution >= 4 is 43.1 Å². The number of fused-ring (bicyclic) bond motifs is 7. The number of benzene rings is 5. The molecule has 107 valence electrons. The Morgan fingerprint density at radius 2 is 1.04 bits per heavy atom. The molecule has 0 N–H and O–H groups in total. The smallest absolute Gasteiger partial charge is 0.187 e. The van der Waals surface area contributed by atoms with Gasteiger partial charge in [-0.3, -0.25) is 5.11 Å². The summed E-state index contributed by atoms with van der Waals surface area (Å²) in [7, 11) is 0. The molecule has 0 saturated heterocycles. The van der Waals surface area contributed by atoms with E-state index >= 15 is 0 Å². The Morgan fingerprint density at radius 3 is 1.96 bits per heavy atom. The molecule has 0 atom stereocenters. The molecule has 0 saturated carbocycles. The lowest BCUT2D eigenvalue weighted by Crippen LogP contribution is -1.82. The first-order valence-corrected chi connectivity index (χ1v) is 7.76. The monoisotopic (exact) mass is 293 g/mol. The Morgan fingerprint density at radius 1 is 0.435 bits per heavy atom. The first kappa shape index (κ1) is 12.5. The standard InChI is InChI=1S/C22H13O/c23-21-7-3-5-15-9-11-19-18-10-8-14-4-1-2-6-16(14)17(18)12-13-20(19)22(15)21/h1-13H. The highest BCUT2D eigenvalue weighted by Crippen LogP contribution is 2.37. The quantitative estimate of drug-likeness (QED) is 0.293. The van der Waals surface area contributed by atoms with Gasteiger partial charge in [-0.15, -0.1) is 0 Å². The van der Waals surface area contributed by atoms with Crippen molar-refractivity contribution in [2.75, 3.05) is 0 Å². The van der Waals surface area contributed by atoms with Gasteiger partial charge in [-0.05, 0) is 43.8 Å². The van der Waals surface area contributed by atoms with Crippen molar-refractivity contribution in [3.05, 3.63) is 78.9 Å². The lowest BCUT2D eigenvalue weighted by molar-refractivity contribution is 0.360. The molecule has 1 heteroatoms. The molecule has 0 aliphatic carbocycles. The van der Waals surface area contributed by atoms with Crippen LogP contribution >= 0.6 is 0 Å². The zero-order valence-corrected chi connectivity index (χ0v) is 12.4. The van der Waals surface area contributed by atoms with Gasteiger partial charge in [0.05, 0.1) is 0 Å². The largest absolute Gasteiger partial charge is 0.289 e. The van der Waals surface area contributed by atoms with Gasteiger partial charge < -0.3 is 0 Å². The van der Waals surface area contributed by atoms with E-state index in [2.05, 4.69) is 54.6 Å². The maximum atomic E-state index is 12.3. The van der Waals surface area contributed by atoms with Crippen LogP contribution in [-0.4, -0.2) is 0 Å². The van der Waals surface area contributed by atoms with E-state index in [9.17, 15) is 5.11 Å². The highest BCUT2D eigenvalue weighted by molar-refractivity contribution is 6.22. The van der Waals surface area contributed by atoms with Gasteiger partial charge in [0.1, 0.15) is 0 Å². The van der Waals surface area contributed by atoms with Crippen molar-refractivity contribution in [3.63, 3.8) is 0 Å². The highest BCUT2D eigenvalue weighted by Gasteiger charge is 2.09. The molecule has 0 aliphatic heterocycles. The summed E-state index contributed by atoms with van der Waals surface area (Å²) in [5, 5.41) is 21.3. The summed E-state index contributed by atoms with van der Waals surface area (Å²) < 4.78 is 0. The highest BCUT2D eigenvalue weighted by atomic mass is 16.3. The fraction of sp³-hybridized carbons (Fsp3) is 0. The van der Waals surface area contributed by atoms with Gasteiger partial charge in [0.15, 0.2) is 5.75 Å². The van der Waals surface area contributed by atoms with Crippen molar-refractivity contribution in [1.29, 1.82) is 0 Å². The summed E-state index contributed by atoms with van der Waals surface area (Å²) in [5.74, 6) is 0.0910. The van der Waals surface area contributed by atoms with E-state index in [1.165, 1.54) is 21.5 Å². The third kappa shape index (κ3) is 1.68. The van der Waals surface area contributed by atoms with Crippen molar-refractivity contribution in [2.45, 2.75) is 0 Å². The predicted octanol–water partition coefficient (Wildman–Crippen LogP) is 6.44. The second kappa shape index (κ2) is 4.47. The molecule has 0 heterocycles. The summed E-state index contributed by atoms with van der Waals surface area (Å²) in [6, 6.07) is 26.6. The van der Waals surface area contributed by atoms with Gasteiger partial charge in [-0.1, -0.05) is 72.8 Å². The summed E-state index contributed by atoms with van der Waals surface area (Å²) >= 11 is 0. The van der Waals surface area contributed by atoms with Crippen LogP contribution in [0.15, 0.2) is 78.9 Å². The van der Waals surface area contributed by atoms with Gasteiger partial charge >= 0.3 is 0 Å². The topological polar surface area (TPSA) is 19.9 Å². The minimum Gasteiger partial charge on any atom is -0.289 e. The first-order chi connectivity index (χ1) is 11.3.